The molecular weight excluding hydrogens is 429 g/mol. The van der Waals surface area contributed by atoms with Gasteiger partial charge in [-0.3, -0.25) is 9.52 Å². The lowest BCUT2D eigenvalue weighted by molar-refractivity contribution is 0.0930. The monoisotopic (exact) mass is 455 g/mol. The van der Waals surface area contributed by atoms with E-state index in [0.29, 0.717) is 24.2 Å². The average molecular weight is 456 g/mol. The van der Waals surface area contributed by atoms with Crippen molar-refractivity contribution in [1.82, 2.24) is 10.2 Å². The Kier molecular flexibility index (Phi) is 7.61. The van der Waals surface area contributed by atoms with Crippen LogP contribution in [-0.4, -0.2) is 45.9 Å². The Morgan fingerprint density at radius 1 is 0.938 bits per heavy atom. The zero-order valence-corrected chi connectivity index (χ0v) is 18.8. The summed E-state index contributed by atoms with van der Waals surface area (Å²) < 4.78 is 40.4. The lowest BCUT2D eigenvalue weighted by Crippen LogP contribution is -2.43. The van der Waals surface area contributed by atoms with Crippen LogP contribution in [0.5, 0.6) is 0 Å². The predicted octanol–water partition coefficient (Wildman–Crippen LogP) is 3.53. The van der Waals surface area contributed by atoms with Gasteiger partial charge in [-0.15, -0.1) is 0 Å². The lowest BCUT2D eigenvalue weighted by atomic mass is 10.0. The molecule has 168 valence electrons. The van der Waals surface area contributed by atoms with Gasteiger partial charge in [0, 0.05) is 23.8 Å². The fourth-order valence-corrected chi connectivity index (χ4v) is 4.35. The molecule has 2 N–H and O–H groups in total. The van der Waals surface area contributed by atoms with E-state index in [1.165, 1.54) is 24.3 Å². The van der Waals surface area contributed by atoms with Crippen molar-refractivity contribution in [3.63, 3.8) is 0 Å². The molecule has 0 heterocycles. The van der Waals surface area contributed by atoms with Crippen molar-refractivity contribution in [1.29, 1.82) is 0 Å². The van der Waals surface area contributed by atoms with Gasteiger partial charge in [0.05, 0.1) is 4.90 Å². The minimum atomic E-state index is -3.85. The zero-order chi connectivity index (χ0) is 23.1. The summed E-state index contributed by atoms with van der Waals surface area (Å²) in [5.74, 6) is -0.750. The highest BCUT2D eigenvalue weighted by Crippen LogP contribution is 2.17. The second-order valence-corrected chi connectivity index (χ2v) is 9.44. The molecule has 0 aromatic heterocycles. The molecule has 0 aliphatic carbocycles. The van der Waals surface area contributed by atoms with Gasteiger partial charge in [0.25, 0.3) is 15.9 Å². The Bertz CT molecular complexity index is 1130. The van der Waals surface area contributed by atoms with Crippen LogP contribution in [0.15, 0.2) is 83.8 Å². The van der Waals surface area contributed by atoms with Crippen molar-refractivity contribution in [3.8, 4) is 0 Å². The molecule has 32 heavy (non-hydrogen) atoms. The molecule has 0 saturated carbocycles. The summed E-state index contributed by atoms with van der Waals surface area (Å²) in [6, 6.07) is 20.6. The number of hydrogen-bond acceptors (Lipinski definition) is 4. The van der Waals surface area contributed by atoms with E-state index in [1.807, 2.05) is 49.3 Å². The number of carbonyl (C=O) groups excluding carboxylic acids is 1. The smallest absolute Gasteiger partial charge is 0.261 e. The Hall–Kier alpha value is -3.23. The van der Waals surface area contributed by atoms with Gasteiger partial charge in [-0.05, 0) is 74.6 Å². The summed E-state index contributed by atoms with van der Waals surface area (Å²) in [6.07, 6.45) is 0.695. The van der Waals surface area contributed by atoms with Crippen LogP contribution in [0.4, 0.5) is 10.1 Å². The van der Waals surface area contributed by atoms with E-state index in [1.54, 1.807) is 12.1 Å². The van der Waals surface area contributed by atoms with Crippen molar-refractivity contribution >= 4 is 21.6 Å². The average Bonchev–Trinajstić information content (AvgIpc) is 2.74. The van der Waals surface area contributed by atoms with Crippen molar-refractivity contribution in [2.24, 2.45) is 0 Å². The van der Waals surface area contributed by atoms with Gasteiger partial charge in [-0.2, -0.15) is 0 Å². The summed E-state index contributed by atoms with van der Waals surface area (Å²) in [5.41, 5.74) is 1.86. The van der Waals surface area contributed by atoms with E-state index in [-0.39, 0.29) is 16.8 Å². The first-order valence-electron chi connectivity index (χ1n) is 10.1. The van der Waals surface area contributed by atoms with Crippen molar-refractivity contribution in [2.45, 2.75) is 17.4 Å². The molecule has 0 saturated heterocycles. The van der Waals surface area contributed by atoms with E-state index >= 15 is 0 Å². The number of nitrogens with one attached hydrogen (secondary N) is 2. The number of amides is 1. The summed E-state index contributed by atoms with van der Waals surface area (Å²) in [6.45, 7) is 0.677. The number of hydrogen-bond donors (Lipinski definition) is 2. The van der Waals surface area contributed by atoms with Crippen LogP contribution in [0.1, 0.15) is 15.9 Å². The maximum absolute atomic E-state index is 13.0. The highest BCUT2D eigenvalue weighted by Gasteiger charge is 2.17. The van der Waals surface area contributed by atoms with Gasteiger partial charge in [-0.25, -0.2) is 12.8 Å². The Labute approximate surface area is 188 Å². The molecule has 0 radical (unpaired) electrons. The molecule has 0 spiro atoms. The summed E-state index contributed by atoms with van der Waals surface area (Å²) in [7, 11) is 0.0481. The second kappa shape index (κ2) is 10.4. The number of sulfonamides is 1. The van der Waals surface area contributed by atoms with E-state index < -0.39 is 15.8 Å². The first-order valence-corrected chi connectivity index (χ1v) is 11.6. The number of halogens is 1. The maximum atomic E-state index is 13.0. The molecular formula is C24H26FN3O3S. The predicted molar refractivity (Wildman–Crippen MR) is 124 cm³/mol. The topological polar surface area (TPSA) is 78.5 Å². The minimum absolute atomic E-state index is 0.0480. The SMILES string of the molecule is CN(C)CC(Cc1ccccc1)NC(=O)c1ccc(NS(=O)(=O)c2ccc(F)cc2)cc1. The van der Waals surface area contributed by atoms with Crippen LogP contribution in [0, 0.1) is 5.82 Å². The standard InChI is InChI=1S/C24H26FN3O3S/c1-28(2)17-22(16-18-6-4-3-5-7-18)26-24(29)19-8-12-21(13-9-19)27-32(30,31)23-14-10-20(25)11-15-23/h3-15,22,27H,16-17H2,1-2H3,(H,26,29). The fraction of sp³-hybridized carbons (Fsp3) is 0.208. The first kappa shape index (κ1) is 23.4. The van der Waals surface area contributed by atoms with Gasteiger partial charge in [0.1, 0.15) is 5.82 Å². The highest BCUT2D eigenvalue weighted by atomic mass is 32.2. The molecule has 3 aromatic carbocycles. The summed E-state index contributed by atoms with van der Waals surface area (Å²) >= 11 is 0. The van der Waals surface area contributed by atoms with E-state index in [9.17, 15) is 17.6 Å². The zero-order valence-electron chi connectivity index (χ0n) is 18.0. The van der Waals surface area contributed by atoms with Crippen LogP contribution in [0.3, 0.4) is 0 Å². The van der Waals surface area contributed by atoms with E-state index in [4.69, 9.17) is 0 Å². The minimum Gasteiger partial charge on any atom is -0.348 e. The Balaban J connectivity index is 1.67. The Morgan fingerprint density at radius 2 is 1.56 bits per heavy atom. The molecule has 1 unspecified atom stereocenters. The molecule has 3 aromatic rings. The van der Waals surface area contributed by atoms with Crippen LogP contribution in [0.25, 0.3) is 0 Å². The number of rotatable bonds is 9. The van der Waals surface area contributed by atoms with E-state index in [0.717, 1.165) is 17.7 Å². The number of nitrogens with zero attached hydrogens (tertiary/aromatic N) is 1. The number of benzene rings is 3. The molecule has 8 heteroatoms. The van der Waals surface area contributed by atoms with Gasteiger partial charge in [-0.1, -0.05) is 30.3 Å². The molecule has 6 nitrogen and oxygen atoms in total. The lowest BCUT2D eigenvalue weighted by Gasteiger charge is -2.22. The normalized spacial score (nSPS) is 12.4. The third kappa shape index (κ3) is 6.63. The van der Waals surface area contributed by atoms with E-state index in [2.05, 4.69) is 10.0 Å². The third-order valence-electron chi connectivity index (χ3n) is 4.77. The van der Waals surface area contributed by atoms with Crippen molar-refractivity contribution < 1.29 is 17.6 Å². The van der Waals surface area contributed by atoms with Crippen molar-refractivity contribution in [3.05, 3.63) is 95.8 Å². The molecule has 3 rings (SSSR count). The number of anilines is 1. The van der Waals surface area contributed by atoms with Gasteiger partial charge >= 0.3 is 0 Å². The maximum Gasteiger partial charge on any atom is 0.261 e. The number of carbonyl (C=O) groups is 1. The fourth-order valence-electron chi connectivity index (χ4n) is 3.29. The van der Waals surface area contributed by atoms with Crippen LogP contribution < -0.4 is 10.0 Å². The second-order valence-electron chi connectivity index (χ2n) is 7.76. The van der Waals surface area contributed by atoms with Crippen molar-refractivity contribution in [2.75, 3.05) is 25.4 Å². The molecule has 1 atom stereocenters. The largest absolute Gasteiger partial charge is 0.348 e. The molecule has 1 amide bonds. The quantitative estimate of drug-likeness (QED) is 0.518. The first-order chi connectivity index (χ1) is 15.2. The molecule has 0 aliphatic heterocycles. The van der Waals surface area contributed by atoms with Crippen LogP contribution >= 0.6 is 0 Å². The molecule has 0 bridgehead atoms. The molecule has 0 fully saturated rings. The molecule has 0 aliphatic rings. The Morgan fingerprint density at radius 3 is 2.16 bits per heavy atom. The van der Waals surface area contributed by atoms with Crippen LogP contribution in [-0.2, 0) is 16.4 Å². The van der Waals surface area contributed by atoms with Crippen LogP contribution in [0.2, 0.25) is 0 Å². The van der Waals surface area contributed by atoms with Gasteiger partial charge in [0.15, 0.2) is 0 Å². The third-order valence-corrected chi connectivity index (χ3v) is 6.17. The van der Waals surface area contributed by atoms with Gasteiger partial charge in [0.2, 0.25) is 0 Å². The summed E-state index contributed by atoms with van der Waals surface area (Å²) in [4.78, 5) is 14.7. The number of likely N-dealkylation sites (N-methyl/N-ethyl adjacent to an activating group) is 1. The summed E-state index contributed by atoms with van der Waals surface area (Å²) in [5, 5.41) is 3.06. The highest BCUT2D eigenvalue weighted by molar-refractivity contribution is 7.92. The van der Waals surface area contributed by atoms with Gasteiger partial charge < -0.3 is 10.2 Å².